The van der Waals surface area contributed by atoms with Crippen molar-refractivity contribution in [3.8, 4) is 0 Å². The van der Waals surface area contributed by atoms with E-state index < -0.39 is 0 Å². The summed E-state index contributed by atoms with van der Waals surface area (Å²) in [6.45, 7) is 4.04. The van der Waals surface area contributed by atoms with Crippen molar-refractivity contribution in [3.05, 3.63) is 222 Å². The number of rotatable bonds is 11. The van der Waals surface area contributed by atoms with Crippen molar-refractivity contribution >= 4 is 64.5 Å². The van der Waals surface area contributed by atoms with E-state index in [-0.39, 0.29) is 0 Å². The van der Waals surface area contributed by atoms with Gasteiger partial charge in [-0.25, -0.2) is 0 Å². The number of para-hydroxylation sites is 4. The van der Waals surface area contributed by atoms with Crippen LogP contribution in [0.25, 0.3) is 30.4 Å². The highest BCUT2D eigenvalue weighted by molar-refractivity contribution is 5.81. The summed E-state index contributed by atoms with van der Waals surface area (Å²) in [5.74, 6) is 0. The molecule has 0 unspecified atom stereocenters. The molecule has 0 aliphatic rings. The second-order valence-electron chi connectivity index (χ2n) is 12.0. The first-order valence-corrected chi connectivity index (χ1v) is 16.9. The molecule has 240 valence electrons. The first-order chi connectivity index (χ1) is 24.7. The molecule has 0 atom stereocenters. The predicted molar refractivity (Wildman–Crippen MR) is 217 cm³/mol. The van der Waals surface area contributed by atoms with Gasteiger partial charge in [-0.1, -0.05) is 134 Å². The molecule has 0 aliphatic carbocycles. The predicted octanol–water partition coefficient (Wildman–Crippen LogP) is 13.6. The molecule has 0 amide bonds. The molecule has 7 rings (SSSR count). The lowest BCUT2D eigenvalue weighted by Crippen LogP contribution is -2.09. The Morgan fingerprint density at radius 2 is 0.540 bits per heavy atom. The van der Waals surface area contributed by atoms with Gasteiger partial charge in [0.1, 0.15) is 0 Å². The fourth-order valence-electron chi connectivity index (χ4n) is 6.07. The summed E-state index contributed by atoms with van der Waals surface area (Å²) in [6.07, 6.45) is 10.6. The molecule has 50 heavy (non-hydrogen) atoms. The molecular formula is C48H38N2. The van der Waals surface area contributed by atoms with E-state index in [1.807, 2.05) is 30.3 Å². The molecule has 0 heterocycles. The van der Waals surface area contributed by atoms with Gasteiger partial charge in [0.2, 0.25) is 0 Å². The van der Waals surface area contributed by atoms with E-state index in [2.05, 4.69) is 204 Å². The second kappa shape index (κ2) is 15.5. The van der Waals surface area contributed by atoms with Crippen LogP contribution in [0.5, 0.6) is 0 Å². The molecule has 7 aromatic carbocycles. The lowest BCUT2D eigenvalue weighted by molar-refractivity contribution is 1.28. The van der Waals surface area contributed by atoms with Crippen LogP contribution in [0.4, 0.5) is 34.1 Å². The maximum atomic E-state index is 4.04. The Hall–Kier alpha value is -6.64. The lowest BCUT2D eigenvalue weighted by Gasteiger charge is -2.25. The van der Waals surface area contributed by atoms with Crippen molar-refractivity contribution < 1.29 is 0 Å². The van der Waals surface area contributed by atoms with Crippen LogP contribution in [0, 0.1) is 0 Å². The summed E-state index contributed by atoms with van der Waals surface area (Å²) in [7, 11) is 0. The van der Waals surface area contributed by atoms with Crippen LogP contribution in [0.1, 0.15) is 27.8 Å². The highest BCUT2D eigenvalue weighted by Gasteiger charge is 2.12. The molecule has 0 fully saturated rings. The van der Waals surface area contributed by atoms with Gasteiger partial charge in [-0.2, -0.15) is 0 Å². The third-order valence-corrected chi connectivity index (χ3v) is 8.53. The van der Waals surface area contributed by atoms with Crippen molar-refractivity contribution in [3.63, 3.8) is 0 Å². The summed E-state index contributed by atoms with van der Waals surface area (Å²) in [6, 6.07) is 65.8. The van der Waals surface area contributed by atoms with Gasteiger partial charge in [0, 0.05) is 34.1 Å². The molecule has 7 aromatic rings. The average Bonchev–Trinajstić information content (AvgIpc) is 3.19. The Balaban J connectivity index is 1.09. The van der Waals surface area contributed by atoms with Gasteiger partial charge >= 0.3 is 0 Å². The van der Waals surface area contributed by atoms with E-state index in [0.29, 0.717) is 0 Å². The minimum absolute atomic E-state index is 1.08. The molecule has 0 saturated carbocycles. The normalized spacial score (nSPS) is 11.1. The first-order valence-electron chi connectivity index (χ1n) is 16.9. The molecule has 0 radical (unpaired) electrons. The first kappa shape index (κ1) is 31.9. The molecule has 2 nitrogen and oxygen atoms in total. The van der Waals surface area contributed by atoms with Gasteiger partial charge in [0.15, 0.2) is 0 Å². The maximum absolute atomic E-state index is 4.04. The van der Waals surface area contributed by atoms with Crippen LogP contribution in [0.2, 0.25) is 0 Å². The van der Waals surface area contributed by atoms with Crippen LogP contribution in [-0.2, 0) is 0 Å². The Morgan fingerprint density at radius 3 is 0.840 bits per heavy atom. The van der Waals surface area contributed by atoms with Crippen molar-refractivity contribution in [2.24, 2.45) is 0 Å². The monoisotopic (exact) mass is 642 g/mol. The topological polar surface area (TPSA) is 6.48 Å². The molecular weight excluding hydrogens is 605 g/mol. The van der Waals surface area contributed by atoms with E-state index in [0.717, 1.165) is 61.9 Å². The molecule has 0 N–H and O–H groups in total. The second-order valence-corrected chi connectivity index (χ2v) is 12.0. The van der Waals surface area contributed by atoms with Crippen LogP contribution >= 0.6 is 0 Å². The van der Waals surface area contributed by atoms with E-state index in [1.165, 1.54) is 0 Å². The smallest absolute Gasteiger partial charge is 0.0462 e. The van der Waals surface area contributed by atoms with Gasteiger partial charge < -0.3 is 9.80 Å². The lowest BCUT2D eigenvalue weighted by atomic mass is 10.0. The molecule has 0 saturated heterocycles. The van der Waals surface area contributed by atoms with Gasteiger partial charge in [-0.05, 0) is 119 Å². The Bertz CT molecular complexity index is 1950. The summed E-state index contributed by atoms with van der Waals surface area (Å²) < 4.78 is 0. The molecule has 2 heteroatoms. The Kier molecular flexibility index (Phi) is 9.90. The van der Waals surface area contributed by atoms with E-state index >= 15 is 0 Å². The fraction of sp³-hybridized carbons (Fsp3) is 0. The minimum Gasteiger partial charge on any atom is -0.311 e. The van der Waals surface area contributed by atoms with E-state index in [1.54, 1.807) is 0 Å². The van der Waals surface area contributed by atoms with Crippen molar-refractivity contribution in [2.75, 3.05) is 9.80 Å². The zero-order valence-corrected chi connectivity index (χ0v) is 27.9. The van der Waals surface area contributed by atoms with Gasteiger partial charge in [0.05, 0.1) is 0 Å². The zero-order valence-electron chi connectivity index (χ0n) is 27.9. The third-order valence-electron chi connectivity index (χ3n) is 8.53. The zero-order chi connectivity index (χ0) is 34.0. The third kappa shape index (κ3) is 7.73. The number of benzene rings is 7. The number of nitrogens with zero attached hydrogens (tertiary/aromatic N) is 2. The minimum atomic E-state index is 1.08. The van der Waals surface area contributed by atoms with Crippen LogP contribution in [-0.4, -0.2) is 0 Å². The highest BCUT2D eigenvalue weighted by Crippen LogP contribution is 2.35. The van der Waals surface area contributed by atoms with E-state index in [4.69, 9.17) is 0 Å². The number of hydrogen-bond donors (Lipinski definition) is 0. The summed E-state index contributed by atoms with van der Waals surface area (Å²) in [5, 5.41) is 0. The van der Waals surface area contributed by atoms with Crippen molar-refractivity contribution in [1.29, 1.82) is 0 Å². The molecule has 0 aromatic heterocycles. The van der Waals surface area contributed by atoms with Crippen LogP contribution in [0.3, 0.4) is 0 Å². The van der Waals surface area contributed by atoms with Crippen LogP contribution < -0.4 is 9.80 Å². The summed E-state index contributed by atoms with van der Waals surface area (Å²) in [4.78, 5) is 4.55. The van der Waals surface area contributed by atoms with Gasteiger partial charge in [-0.15, -0.1) is 0 Å². The summed E-state index contributed by atoms with van der Waals surface area (Å²) >= 11 is 0. The number of anilines is 6. The highest BCUT2D eigenvalue weighted by atomic mass is 15.1. The maximum Gasteiger partial charge on any atom is 0.0462 e. The Labute approximate surface area is 295 Å². The van der Waals surface area contributed by atoms with Crippen molar-refractivity contribution in [2.45, 2.75) is 0 Å². The van der Waals surface area contributed by atoms with Gasteiger partial charge in [-0.3, -0.25) is 0 Å². The standard InChI is InChI=1S/C48H38N2/c1-2-38-35-41(25-23-39-27-31-47(32-28-39)49(43-15-7-3-8-16-43)44-17-9-4-10-18-44)37-42(36-38)26-24-40-29-33-48(34-30-40)50(45-19-11-5-12-20-45)46-21-13-6-14-22-46/h2-37H,1H2/b25-23+,26-24+. The molecule has 0 bridgehead atoms. The molecule has 0 aliphatic heterocycles. The average molecular weight is 643 g/mol. The van der Waals surface area contributed by atoms with E-state index in [9.17, 15) is 0 Å². The van der Waals surface area contributed by atoms with Crippen LogP contribution in [0.15, 0.2) is 195 Å². The fourth-order valence-corrected chi connectivity index (χ4v) is 6.07. The molecule has 0 spiro atoms. The largest absolute Gasteiger partial charge is 0.311 e. The van der Waals surface area contributed by atoms with Gasteiger partial charge in [0.25, 0.3) is 0 Å². The SMILES string of the molecule is C=Cc1cc(/C=C/c2ccc(N(c3ccccc3)c3ccccc3)cc2)cc(/C=C/c2ccc(N(c3ccccc3)c3ccccc3)cc2)c1. The quantitative estimate of drug-likeness (QED) is 0.130. The Morgan fingerprint density at radius 1 is 0.280 bits per heavy atom. The summed E-state index contributed by atoms with van der Waals surface area (Å²) in [5.41, 5.74) is 12.3. The number of hydrogen-bond acceptors (Lipinski definition) is 2. The van der Waals surface area contributed by atoms with Crippen molar-refractivity contribution in [1.82, 2.24) is 0 Å².